The Kier molecular flexibility index (Phi) is 4.22. The third-order valence-corrected chi connectivity index (χ3v) is 4.47. The lowest BCUT2D eigenvalue weighted by Gasteiger charge is -2.11. The number of rotatable bonds is 4. The van der Waals surface area contributed by atoms with Gasteiger partial charge in [-0.25, -0.2) is 4.57 Å². The van der Waals surface area contributed by atoms with Crippen LogP contribution in [0.25, 0.3) is 0 Å². The van der Waals surface area contributed by atoms with E-state index in [4.69, 9.17) is 9.05 Å². The Morgan fingerprint density at radius 1 is 1.77 bits per heavy atom. The summed E-state index contributed by atoms with van der Waals surface area (Å²) in [4.78, 5) is 0. The van der Waals surface area contributed by atoms with E-state index >= 15 is 0 Å². The zero-order valence-corrected chi connectivity index (χ0v) is 9.31. The smallest absolute Gasteiger partial charge is 0.475 e. The lowest BCUT2D eigenvalue weighted by atomic mass is 10.4. The quantitative estimate of drug-likeness (QED) is 0.528. The van der Waals surface area contributed by atoms with Crippen LogP contribution in [0, 0.1) is 0 Å². The third-order valence-electron chi connectivity index (χ3n) is 1.61. The van der Waals surface area contributed by atoms with Crippen LogP contribution in [0.5, 0.6) is 0 Å². The lowest BCUT2D eigenvalue weighted by Crippen LogP contribution is -2.23. The van der Waals surface area contributed by atoms with Crippen molar-refractivity contribution in [3.8, 4) is 0 Å². The van der Waals surface area contributed by atoms with Gasteiger partial charge in [-0.15, -0.1) is 0 Å². The molecule has 0 aromatic heterocycles. The first kappa shape index (κ1) is 11.5. The predicted molar refractivity (Wildman–Crippen MR) is 49.0 cm³/mol. The van der Waals surface area contributed by atoms with Crippen molar-refractivity contribution in [3.05, 3.63) is 0 Å². The van der Waals surface area contributed by atoms with Gasteiger partial charge in [0.2, 0.25) is 0 Å². The van der Waals surface area contributed by atoms with Gasteiger partial charge < -0.3 is 4.55 Å². The average Bonchev–Trinajstić information content (AvgIpc) is 2.48. The highest BCUT2D eigenvalue weighted by Crippen LogP contribution is 2.54. The molecule has 3 atom stereocenters. The average molecular weight is 228 g/mol. The van der Waals surface area contributed by atoms with Gasteiger partial charge in [0, 0.05) is 7.11 Å². The number of phosphoric ester groups is 1. The standard InChI is InChI=1S/C6H13O5PS/c1-3-13(8)5-6-4-10-12(7,9-2)11-6/h6H,3-5H2,1-2H3. The molecule has 13 heavy (non-hydrogen) atoms. The second-order valence-corrected chi connectivity index (χ2v) is 6.07. The first-order valence-corrected chi connectivity index (χ1v) is 6.88. The maximum atomic E-state index is 11.3. The summed E-state index contributed by atoms with van der Waals surface area (Å²) in [5.74, 6) is 0.918. The zero-order chi connectivity index (χ0) is 9.90. The van der Waals surface area contributed by atoms with E-state index in [1.54, 1.807) is 0 Å². The van der Waals surface area contributed by atoms with Gasteiger partial charge in [0.05, 0.1) is 6.61 Å². The summed E-state index contributed by atoms with van der Waals surface area (Å²) in [5.41, 5.74) is 0. The minimum absolute atomic E-state index is 0.191. The fourth-order valence-electron chi connectivity index (χ4n) is 0.917. The Hall–Kier alpha value is 0.420. The molecular formula is C6H13O5PS. The molecule has 1 rings (SSSR count). The fourth-order valence-corrected chi connectivity index (χ4v) is 2.93. The molecule has 1 heterocycles. The Morgan fingerprint density at radius 3 is 2.92 bits per heavy atom. The fraction of sp³-hybridized carbons (Fsp3) is 1.00. The molecule has 0 aromatic carbocycles. The van der Waals surface area contributed by atoms with Crippen LogP contribution in [0.3, 0.4) is 0 Å². The molecule has 3 unspecified atom stereocenters. The van der Waals surface area contributed by atoms with E-state index in [0.29, 0.717) is 11.5 Å². The molecule has 0 aromatic rings. The summed E-state index contributed by atoms with van der Waals surface area (Å²) in [5, 5.41) is 0. The second-order valence-electron chi connectivity index (χ2n) is 2.55. The van der Waals surface area contributed by atoms with E-state index in [9.17, 15) is 9.12 Å². The Bertz CT molecular complexity index is 211. The van der Waals surface area contributed by atoms with Crippen LogP contribution in [0.2, 0.25) is 0 Å². The van der Waals surface area contributed by atoms with Crippen molar-refractivity contribution in [2.75, 3.05) is 25.2 Å². The third kappa shape index (κ3) is 3.23. The molecule has 0 saturated carbocycles. The summed E-state index contributed by atoms with van der Waals surface area (Å²) in [6, 6.07) is 0. The molecule has 1 saturated heterocycles. The van der Waals surface area contributed by atoms with Gasteiger partial charge in [-0.3, -0.25) is 13.6 Å². The van der Waals surface area contributed by atoms with E-state index in [1.165, 1.54) is 7.11 Å². The first-order valence-electron chi connectivity index (χ1n) is 3.93. The van der Waals surface area contributed by atoms with Crippen molar-refractivity contribution in [3.63, 3.8) is 0 Å². The van der Waals surface area contributed by atoms with Crippen molar-refractivity contribution in [1.29, 1.82) is 0 Å². The van der Waals surface area contributed by atoms with Gasteiger partial charge >= 0.3 is 7.82 Å². The van der Waals surface area contributed by atoms with Crippen LogP contribution in [-0.2, 0) is 29.3 Å². The summed E-state index contributed by atoms with van der Waals surface area (Å²) in [7, 11) is -2.04. The van der Waals surface area contributed by atoms with Crippen LogP contribution in [0.1, 0.15) is 6.92 Å². The van der Waals surface area contributed by atoms with Crippen molar-refractivity contribution in [1.82, 2.24) is 0 Å². The molecule has 5 nitrogen and oxygen atoms in total. The summed E-state index contributed by atoms with van der Waals surface area (Å²) < 4.78 is 36.8. The highest BCUT2D eigenvalue weighted by molar-refractivity contribution is 7.91. The molecule has 78 valence electrons. The van der Waals surface area contributed by atoms with Gasteiger partial charge in [0.25, 0.3) is 0 Å². The van der Waals surface area contributed by atoms with Crippen LogP contribution < -0.4 is 0 Å². The van der Waals surface area contributed by atoms with Gasteiger partial charge in [-0.1, -0.05) is 11.2 Å². The maximum Gasteiger partial charge on any atom is 0.475 e. The molecule has 0 spiro atoms. The normalized spacial score (nSPS) is 36.4. The van der Waals surface area contributed by atoms with Crippen LogP contribution in [0.15, 0.2) is 0 Å². The molecule has 0 aliphatic carbocycles. The summed E-state index contributed by atoms with van der Waals surface area (Å²) in [6.07, 6.45) is -0.369. The molecule has 7 heteroatoms. The number of hydrogen-bond donors (Lipinski definition) is 0. The van der Waals surface area contributed by atoms with Gasteiger partial charge in [-0.2, -0.15) is 0 Å². The Balaban J connectivity index is 2.37. The van der Waals surface area contributed by atoms with E-state index in [0.717, 1.165) is 0 Å². The van der Waals surface area contributed by atoms with Crippen LogP contribution in [0.4, 0.5) is 0 Å². The van der Waals surface area contributed by atoms with Gasteiger partial charge in [-0.05, 0) is 6.92 Å². The summed E-state index contributed by atoms with van der Waals surface area (Å²) in [6.45, 7) is 2.01. The van der Waals surface area contributed by atoms with Crippen molar-refractivity contribution >= 4 is 19.0 Å². The highest BCUT2D eigenvalue weighted by atomic mass is 32.2. The molecule has 0 N–H and O–H groups in total. The molecule has 0 radical (unpaired) electrons. The molecule has 1 aliphatic heterocycles. The van der Waals surface area contributed by atoms with Crippen molar-refractivity contribution < 1.29 is 22.7 Å². The summed E-state index contributed by atoms with van der Waals surface area (Å²) >= 11 is -0.934. The van der Waals surface area contributed by atoms with E-state index in [2.05, 4.69) is 4.52 Å². The van der Waals surface area contributed by atoms with Crippen LogP contribution >= 0.6 is 7.82 Å². The maximum absolute atomic E-state index is 11.3. The topological polar surface area (TPSA) is 67.8 Å². The first-order chi connectivity index (χ1) is 6.09. The highest BCUT2D eigenvalue weighted by Gasteiger charge is 2.39. The SMILES string of the molecule is CC[S+]([O-])CC1COP(=O)(OC)O1. The number of phosphoric acid groups is 1. The number of hydrogen-bond acceptors (Lipinski definition) is 5. The van der Waals surface area contributed by atoms with Gasteiger partial charge in [0.1, 0.15) is 17.6 Å². The second kappa shape index (κ2) is 4.77. The lowest BCUT2D eigenvalue weighted by molar-refractivity contribution is 0.207. The Morgan fingerprint density at radius 2 is 2.46 bits per heavy atom. The van der Waals surface area contributed by atoms with Gasteiger partial charge in [0.15, 0.2) is 0 Å². The molecular weight excluding hydrogens is 215 g/mol. The molecule has 1 fully saturated rings. The predicted octanol–water partition coefficient (Wildman–Crippen LogP) is 0.925. The van der Waals surface area contributed by atoms with Crippen molar-refractivity contribution in [2.24, 2.45) is 0 Å². The molecule has 1 aliphatic rings. The zero-order valence-electron chi connectivity index (χ0n) is 7.60. The van der Waals surface area contributed by atoms with Crippen molar-refractivity contribution in [2.45, 2.75) is 13.0 Å². The molecule has 0 amide bonds. The van der Waals surface area contributed by atoms with Crippen LogP contribution in [-0.4, -0.2) is 35.9 Å². The van der Waals surface area contributed by atoms with E-state index in [1.807, 2.05) is 6.92 Å². The molecule has 0 bridgehead atoms. The monoisotopic (exact) mass is 228 g/mol. The Labute approximate surface area is 80.5 Å². The largest absolute Gasteiger partial charge is 0.616 e. The van der Waals surface area contributed by atoms with E-state index in [-0.39, 0.29) is 12.7 Å². The minimum atomic E-state index is -3.31. The minimum Gasteiger partial charge on any atom is -0.616 e. The van der Waals surface area contributed by atoms with E-state index < -0.39 is 19.0 Å².